The number of amides is 2. The summed E-state index contributed by atoms with van der Waals surface area (Å²) in [6.07, 6.45) is 1.58. The lowest BCUT2D eigenvalue weighted by Gasteiger charge is -2.13. The molecule has 2 aromatic carbocycles. The van der Waals surface area contributed by atoms with E-state index in [2.05, 4.69) is 0 Å². The van der Waals surface area contributed by atoms with Crippen molar-refractivity contribution in [3.63, 3.8) is 0 Å². The van der Waals surface area contributed by atoms with E-state index in [0.717, 1.165) is 17.3 Å². The van der Waals surface area contributed by atoms with Crippen molar-refractivity contribution in [1.29, 1.82) is 0 Å². The number of benzene rings is 2. The zero-order valence-corrected chi connectivity index (χ0v) is 16.2. The molecular weight excluding hydrogens is 393 g/mol. The molecule has 134 valence electrons. The largest absolute Gasteiger partial charge is 0.492 e. The molecule has 0 radical (unpaired) electrons. The molecule has 0 aliphatic carbocycles. The normalized spacial score (nSPS) is 15.8. The minimum atomic E-state index is -0.358. The Morgan fingerprint density at radius 2 is 1.92 bits per heavy atom. The van der Waals surface area contributed by atoms with Crippen molar-refractivity contribution in [2.45, 2.75) is 6.92 Å². The fraction of sp³-hybridized carbons (Fsp3) is 0.158. The summed E-state index contributed by atoms with van der Waals surface area (Å²) >= 11 is 13.0. The molecule has 0 N–H and O–H groups in total. The highest BCUT2D eigenvalue weighted by atomic mass is 35.5. The molecule has 0 aromatic heterocycles. The van der Waals surface area contributed by atoms with Crippen LogP contribution in [0.25, 0.3) is 6.08 Å². The molecule has 1 heterocycles. The van der Waals surface area contributed by atoms with E-state index in [9.17, 15) is 9.59 Å². The average Bonchev–Trinajstić information content (AvgIpc) is 2.86. The third-order valence-electron chi connectivity index (χ3n) is 3.71. The first kappa shape index (κ1) is 18.8. The van der Waals surface area contributed by atoms with Gasteiger partial charge >= 0.3 is 0 Å². The van der Waals surface area contributed by atoms with Crippen LogP contribution in [0, 0.1) is 6.92 Å². The van der Waals surface area contributed by atoms with Gasteiger partial charge in [-0.3, -0.25) is 14.5 Å². The fourth-order valence-electron chi connectivity index (χ4n) is 2.43. The van der Waals surface area contributed by atoms with Gasteiger partial charge in [0.1, 0.15) is 12.4 Å². The van der Waals surface area contributed by atoms with Crippen molar-refractivity contribution in [2.75, 3.05) is 13.2 Å². The van der Waals surface area contributed by atoms with Gasteiger partial charge in [-0.2, -0.15) is 0 Å². The van der Waals surface area contributed by atoms with Crippen molar-refractivity contribution in [3.05, 3.63) is 68.5 Å². The Labute approximate surface area is 165 Å². The molecule has 1 saturated heterocycles. The average molecular weight is 408 g/mol. The van der Waals surface area contributed by atoms with Gasteiger partial charge in [0.2, 0.25) is 0 Å². The molecule has 0 atom stereocenters. The molecule has 7 heteroatoms. The van der Waals surface area contributed by atoms with Gasteiger partial charge in [0.25, 0.3) is 11.1 Å². The highest BCUT2D eigenvalue weighted by Crippen LogP contribution is 2.34. The quantitative estimate of drug-likeness (QED) is 0.620. The van der Waals surface area contributed by atoms with Crippen LogP contribution in [0.15, 0.2) is 47.4 Å². The Bertz CT molecular complexity index is 898. The highest BCUT2D eigenvalue weighted by Gasteiger charge is 2.34. The number of carbonyl (C=O) groups excluding carboxylic acids is 2. The maximum absolute atomic E-state index is 12.5. The van der Waals surface area contributed by atoms with Gasteiger partial charge in [-0.15, -0.1) is 0 Å². The number of rotatable bonds is 5. The molecule has 0 saturated carbocycles. The number of aryl methyl sites for hydroxylation is 1. The van der Waals surface area contributed by atoms with E-state index in [1.807, 2.05) is 31.2 Å². The Kier molecular flexibility index (Phi) is 5.91. The van der Waals surface area contributed by atoms with E-state index in [-0.39, 0.29) is 24.3 Å². The molecule has 0 spiro atoms. The number of nitrogens with zero attached hydrogens (tertiary/aromatic N) is 1. The van der Waals surface area contributed by atoms with Crippen LogP contribution in [0.3, 0.4) is 0 Å². The molecule has 2 amide bonds. The summed E-state index contributed by atoms with van der Waals surface area (Å²) in [5.74, 6) is 0.349. The second kappa shape index (κ2) is 8.16. The first-order chi connectivity index (χ1) is 12.5. The Morgan fingerprint density at radius 1 is 1.15 bits per heavy atom. The predicted molar refractivity (Wildman–Crippen MR) is 106 cm³/mol. The van der Waals surface area contributed by atoms with Crippen molar-refractivity contribution < 1.29 is 14.3 Å². The number of imide groups is 1. The van der Waals surface area contributed by atoms with E-state index >= 15 is 0 Å². The number of hydrogen-bond donors (Lipinski definition) is 0. The molecule has 1 fully saturated rings. The number of carbonyl (C=O) groups is 2. The number of halogens is 2. The molecule has 1 aliphatic rings. The summed E-state index contributed by atoms with van der Waals surface area (Å²) in [6.45, 7) is 2.38. The van der Waals surface area contributed by atoms with Gasteiger partial charge in [-0.1, -0.05) is 47.5 Å². The monoisotopic (exact) mass is 407 g/mol. The standard InChI is InChI=1S/C19H15Cl2NO3S/c1-12-4-2-6-14(10-12)25-9-8-22-18(23)16(26-19(22)24)11-13-5-3-7-15(20)17(13)21/h2-7,10-11H,8-9H2,1H3/b16-11-. The van der Waals surface area contributed by atoms with Gasteiger partial charge in [0, 0.05) is 0 Å². The van der Waals surface area contributed by atoms with E-state index in [0.29, 0.717) is 26.3 Å². The van der Waals surface area contributed by atoms with Crippen molar-refractivity contribution >= 4 is 52.2 Å². The smallest absolute Gasteiger partial charge is 0.293 e. The minimum absolute atomic E-state index is 0.180. The van der Waals surface area contributed by atoms with E-state index in [4.69, 9.17) is 27.9 Å². The van der Waals surface area contributed by atoms with E-state index < -0.39 is 0 Å². The fourth-order valence-corrected chi connectivity index (χ4v) is 3.64. The van der Waals surface area contributed by atoms with Gasteiger partial charge < -0.3 is 4.74 Å². The molecule has 3 rings (SSSR count). The summed E-state index contributed by atoms with van der Waals surface area (Å²) in [5.41, 5.74) is 1.68. The molecular formula is C19H15Cl2NO3S. The van der Waals surface area contributed by atoms with Gasteiger partial charge in [0.15, 0.2) is 0 Å². The number of thioether (sulfide) groups is 1. The van der Waals surface area contributed by atoms with Crippen molar-refractivity contribution in [1.82, 2.24) is 4.90 Å². The van der Waals surface area contributed by atoms with E-state index in [1.165, 1.54) is 4.90 Å². The van der Waals surface area contributed by atoms with E-state index in [1.54, 1.807) is 24.3 Å². The van der Waals surface area contributed by atoms with Gasteiger partial charge in [-0.05, 0) is 54.1 Å². The van der Waals surface area contributed by atoms with Crippen LogP contribution in [0.4, 0.5) is 4.79 Å². The topological polar surface area (TPSA) is 46.6 Å². The minimum Gasteiger partial charge on any atom is -0.492 e. The van der Waals surface area contributed by atoms with Gasteiger partial charge in [-0.25, -0.2) is 0 Å². The Balaban J connectivity index is 1.67. The zero-order chi connectivity index (χ0) is 18.7. The first-order valence-corrected chi connectivity index (χ1v) is 9.42. The lowest BCUT2D eigenvalue weighted by Crippen LogP contribution is -2.32. The third kappa shape index (κ3) is 4.23. The summed E-state index contributed by atoms with van der Waals surface area (Å²) in [4.78, 5) is 26.1. The van der Waals surface area contributed by atoms with Crippen LogP contribution in [-0.4, -0.2) is 29.2 Å². The molecule has 1 aliphatic heterocycles. The van der Waals surface area contributed by atoms with Crippen LogP contribution in [0.1, 0.15) is 11.1 Å². The van der Waals surface area contributed by atoms with Gasteiger partial charge in [0.05, 0.1) is 21.5 Å². The first-order valence-electron chi connectivity index (χ1n) is 7.84. The zero-order valence-electron chi connectivity index (χ0n) is 13.9. The third-order valence-corrected chi connectivity index (χ3v) is 5.46. The highest BCUT2D eigenvalue weighted by molar-refractivity contribution is 8.18. The second-order valence-corrected chi connectivity index (χ2v) is 7.42. The molecule has 0 bridgehead atoms. The maximum Gasteiger partial charge on any atom is 0.293 e. The molecule has 4 nitrogen and oxygen atoms in total. The summed E-state index contributed by atoms with van der Waals surface area (Å²) < 4.78 is 5.62. The summed E-state index contributed by atoms with van der Waals surface area (Å²) in [7, 11) is 0. The Hall–Kier alpha value is -1.95. The van der Waals surface area contributed by atoms with Crippen LogP contribution in [-0.2, 0) is 4.79 Å². The predicted octanol–water partition coefficient (Wildman–Crippen LogP) is 5.42. The number of ether oxygens (including phenoxy) is 1. The van der Waals surface area contributed by atoms with Crippen LogP contribution in [0.5, 0.6) is 5.75 Å². The SMILES string of the molecule is Cc1cccc(OCCN2C(=O)S/C(=C\c3cccc(Cl)c3Cl)C2=O)c1. The molecule has 26 heavy (non-hydrogen) atoms. The molecule has 2 aromatic rings. The van der Waals surface area contributed by atoms with Crippen LogP contribution in [0.2, 0.25) is 10.0 Å². The second-order valence-electron chi connectivity index (χ2n) is 5.64. The van der Waals surface area contributed by atoms with Crippen LogP contribution < -0.4 is 4.74 Å². The maximum atomic E-state index is 12.5. The molecule has 0 unspecified atom stereocenters. The summed E-state index contributed by atoms with van der Waals surface area (Å²) in [6, 6.07) is 12.7. The lowest BCUT2D eigenvalue weighted by atomic mass is 10.2. The van der Waals surface area contributed by atoms with Crippen molar-refractivity contribution in [3.8, 4) is 5.75 Å². The number of hydrogen-bond acceptors (Lipinski definition) is 4. The lowest BCUT2D eigenvalue weighted by molar-refractivity contribution is -0.123. The Morgan fingerprint density at radius 3 is 2.69 bits per heavy atom. The summed E-state index contributed by atoms with van der Waals surface area (Å²) in [5, 5.41) is 0.419. The van der Waals surface area contributed by atoms with Crippen LogP contribution >= 0.6 is 35.0 Å². The van der Waals surface area contributed by atoms with Crippen molar-refractivity contribution in [2.24, 2.45) is 0 Å².